The lowest BCUT2D eigenvalue weighted by Crippen LogP contribution is -2.64. The fraction of sp³-hybridized carbons (Fsp3) is 0.611. The van der Waals surface area contributed by atoms with E-state index in [0.29, 0.717) is 5.92 Å². The van der Waals surface area contributed by atoms with Gasteiger partial charge in [-0.2, -0.15) is 0 Å². The van der Waals surface area contributed by atoms with Crippen LogP contribution in [0.15, 0.2) is 30.3 Å². The van der Waals surface area contributed by atoms with Gasteiger partial charge in [-0.3, -0.25) is 4.79 Å². The van der Waals surface area contributed by atoms with E-state index < -0.39 is 0 Å². The molecule has 3 fully saturated rings. The molecule has 0 saturated carbocycles. The van der Waals surface area contributed by atoms with Gasteiger partial charge in [-0.25, -0.2) is 0 Å². The van der Waals surface area contributed by atoms with Crippen LogP contribution in [0.1, 0.15) is 26.2 Å². The third kappa shape index (κ3) is 3.61. The second kappa shape index (κ2) is 6.69. The first-order valence-corrected chi connectivity index (χ1v) is 8.37. The SMILES string of the molecule is CC(=O)O[C@H]1C[N+]2(CCCOc3ccccc3)CCC1CC2. The molecule has 4 heteroatoms. The van der Waals surface area contributed by atoms with Gasteiger partial charge in [0.25, 0.3) is 0 Å². The number of ether oxygens (including phenoxy) is 2. The van der Waals surface area contributed by atoms with Crippen LogP contribution in [0.2, 0.25) is 0 Å². The number of carbonyl (C=O) groups excluding carboxylic acids is 1. The second-order valence-corrected chi connectivity index (χ2v) is 6.70. The number of quaternary nitrogens is 1. The summed E-state index contributed by atoms with van der Waals surface area (Å²) >= 11 is 0. The highest BCUT2D eigenvalue weighted by Crippen LogP contribution is 2.35. The Balaban J connectivity index is 1.47. The van der Waals surface area contributed by atoms with Gasteiger partial charge in [0.1, 0.15) is 12.3 Å². The standard InChI is InChI=1S/C18H26NO3/c1-15(20)22-18-14-19(11-8-16(18)9-12-19)10-5-13-21-17-6-3-2-4-7-17/h2-4,6-7,16,18H,5,8-14H2,1H3/q+1/t16?,18-,19?/m0/s1. The van der Waals surface area contributed by atoms with Crippen LogP contribution in [-0.2, 0) is 9.53 Å². The van der Waals surface area contributed by atoms with E-state index in [1.165, 1.54) is 32.9 Å². The van der Waals surface area contributed by atoms with Crippen molar-refractivity contribution in [2.24, 2.45) is 5.92 Å². The minimum atomic E-state index is -0.135. The fourth-order valence-electron chi connectivity index (χ4n) is 3.99. The molecule has 0 spiro atoms. The minimum Gasteiger partial charge on any atom is -0.493 e. The Kier molecular flexibility index (Phi) is 4.67. The van der Waals surface area contributed by atoms with Crippen LogP contribution in [0.5, 0.6) is 5.75 Å². The number of rotatable bonds is 6. The topological polar surface area (TPSA) is 35.5 Å². The lowest BCUT2D eigenvalue weighted by atomic mass is 9.83. The summed E-state index contributed by atoms with van der Waals surface area (Å²) in [6.07, 6.45) is 3.57. The fourth-order valence-corrected chi connectivity index (χ4v) is 3.99. The zero-order valence-corrected chi connectivity index (χ0v) is 13.4. The first kappa shape index (κ1) is 15.3. The van der Waals surface area contributed by atoms with Gasteiger partial charge in [0.05, 0.1) is 26.2 Å². The molecule has 22 heavy (non-hydrogen) atoms. The van der Waals surface area contributed by atoms with E-state index in [4.69, 9.17) is 9.47 Å². The summed E-state index contributed by atoms with van der Waals surface area (Å²) in [5, 5.41) is 0. The monoisotopic (exact) mass is 304 g/mol. The molecule has 0 N–H and O–H groups in total. The Labute approximate surface area is 132 Å². The average Bonchev–Trinajstić information content (AvgIpc) is 2.53. The van der Waals surface area contributed by atoms with Gasteiger partial charge < -0.3 is 14.0 Å². The number of para-hydroxylation sites is 1. The molecule has 0 unspecified atom stereocenters. The van der Waals surface area contributed by atoms with Crippen molar-refractivity contribution in [3.05, 3.63) is 30.3 Å². The summed E-state index contributed by atoms with van der Waals surface area (Å²) in [5.41, 5.74) is 0. The number of benzene rings is 1. The van der Waals surface area contributed by atoms with Crippen LogP contribution in [0.4, 0.5) is 0 Å². The number of esters is 1. The Bertz CT molecular complexity index is 494. The van der Waals surface area contributed by atoms with Crippen molar-refractivity contribution in [1.82, 2.24) is 0 Å². The molecule has 3 heterocycles. The van der Waals surface area contributed by atoms with E-state index in [0.717, 1.165) is 36.3 Å². The Morgan fingerprint density at radius 3 is 2.64 bits per heavy atom. The van der Waals surface area contributed by atoms with Crippen molar-refractivity contribution in [2.75, 3.05) is 32.8 Å². The van der Waals surface area contributed by atoms with Crippen LogP contribution in [0, 0.1) is 5.92 Å². The summed E-state index contributed by atoms with van der Waals surface area (Å²) in [6.45, 7) is 6.86. The maximum absolute atomic E-state index is 11.3. The van der Waals surface area contributed by atoms with Crippen molar-refractivity contribution in [2.45, 2.75) is 32.3 Å². The molecule has 3 saturated heterocycles. The van der Waals surface area contributed by atoms with Gasteiger partial charge in [0.2, 0.25) is 0 Å². The molecule has 0 aromatic heterocycles. The van der Waals surface area contributed by atoms with E-state index in [1.54, 1.807) is 0 Å². The Morgan fingerprint density at radius 2 is 1.95 bits per heavy atom. The molecule has 0 aliphatic carbocycles. The number of piperidine rings is 3. The van der Waals surface area contributed by atoms with Gasteiger partial charge in [0.15, 0.2) is 6.10 Å². The molecule has 3 aliphatic heterocycles. The molecule has 4 rings (SSSR count). The molecule has 1 atom stereocenters. The molecular weight excluding hydrogens is 278 g/mol. The molecule has 3 aliphatic rings. The number of hydrogen-bond donors (Lipinski definition) is 0. The molecule has 2 bridgehead atoms. The van der Waals surface area contributed by atoms with Gasteiger partial charge in [-0.05, 0) is 12.1 Å². The van der Waals surface area contributed by atoms with Crippen molar-refractivity contribution in [1.29, 1.82) is 0 Å². The van der Waals surface area contributed by atoms with Crippen molar-refractivity contribution in [3.63, 3.8) is 0 Å². The quantitative estimate of drug-likeness (QED) is 0.460. The Hall–Kier alpha value is -1.55. The van der Waals surface area contributed by atoms with Gasteiger partial charge in [-0.1, -0.05) is 18.2 Å². The Morgan fingerprint density at radius 1 is 1.23 bits per heavy atom. The third-order valence-corrected chi connectivity index (χ3v) is 5.15. The highest BCUT2D eigenvalue weighted by Gasteiger charge is 2.46. The van der Waals surface area contributed by atoms with E-state index in [9.17, 15) is 4.79 Å². The average molecular weight is 304 g/mol. The third-order valence-electron chi connectivity index (χ3n) is 5.15. The zero-order valence-electron chi connectivity index (χ0n) is 13.4. The molecule has 1 aromatic carbocycles. The normalized spacial score (nSPS) is 30.0. The summed E-state index contributed by atoms with van der Waals surface area (Å²) in [4.78, 5) is 11.3. The maximum Gasteiger partial charge on any atom is 0.303 e. The molecular formula is C18H26NO3+. The number of hydrogen-bond acceptors (Lipinski definition) is 3. The number of carbonyl (C=O) groups is 1. The highest BCUT2D eigenvalue weighted by molar-refractivity contribution is 5.66. The smallest absolute Gasteiger partial charge is 0.303 e. The van der Waals surface area contributed by atoms with Crippen LogP contribution in [-0.4, -0.2) is 49.3 Å². The summed E-state index contributed by atoms with van der Waals surface area (Å²) in [6, 6.07) is 9.98. The first-order valence-electron chi connectivity index (χ1n) is 8.37. The molecule has 0 radical (unpaired) electrons. The van der Waals surface area contributed by atoms with Gasteiger partial charge in [0, 0.05) is 32.1 Å². The summed E-state index contributed by atoms with van der Waals surface area (Å²) in [5.74, 6) is 1.39. The van der Waals surface area contributed by atoms with Crippen LogP contribution < -0.4 is 4.74 Å². The van der Waals surface area contributed by atoms with Crippen LogP contribution >= 0.6 is 0 Å². The predicted molar refractivity (Wildman–Crippen MR) is 84.6 cm³/mol. The minimum absolute atomic E-state index is 0.134. The van der Waals surface area contributed by atoms with E-state index >= 15 is 0 Å². The lowest BCUT2D eigenvalue weighted by Gasteiger charge is -2.52. The van der Waals surface area contributed by atoms with E-state index in [2.05, 4.69) is 0 Å². The van der Waals surface area contributed by atoms with E-state index in [-0.39, 0.29) is 12.1 Å². The van der Waals surface area contributed by atoms with Gasteiger partial charge >= 0.3 is 5.97 Å². The van der Waals surface area contributed by atoms with Crippen LogP contribution in [0.3, 0.4) is 0 Å². The summed E-state index contributed by atoms with van der Waals surface area (Å²) < 4.78 is 12.4. The summed E-state index contributed by atoms with van der Waals surface area (Å²) in [7, 11) is 0. The van der Waals surface area contributed by atoms with Crippen molar-refractivity contribution < 1.29 is 18.8 Å². The largest absolute Gasteiger partial charge is 0.493 e. The van der Waals surface area contributed by atoms with Crippen molar-refractivity contribution in [3.8, 4) is 5.75 Å². The maximum atomic E-state index is 11.3. The predicted octanol–water partition coefficient (Wildman–Crippen LogP) is 2.63. The highest BCUT2D eigenvalue weighted by atomic mass is 16.5. The van der Waals surface area contributed by atoms with E-state index in [1.807, 2.05) is 30.3 Å². The number of nitrogens with zero attached hydrogens (tertiary/aromatic N) is 1. The molecule has 0 amide bonds. The van der Waals surface area contributed by atoms with Crippen LogP contribution in [0.25, 0.3) is 0 Å². The van der Waals surface area contributed by atoms with Crippen molar-refractivity contribution >= 4 is 5.97 Å². The first-order chi connectivity index (χ1) is 10.7. The molecule has 120 valence electrons. The molecule has 4 nitrogen and oxygen atoms in total. The lowest BCUT2D eigenvalue weighted by molar-refractivity contribution is -0.946. The second-order valence-electron chi connectivity index (χ2n) is 6.70. The number of fused-ring (bicyclic) bond motifs is 3. The zero-order chi connectivity index (χ0) is 15.4. The molecule has 1 aromatic rings. The van der Waals surface area contributed by atoms with Gasteiger partial charge in [-0.15, -0.1) is 0 Å².